The minimum Gasteiger partial charge on any atom is -0.320 e. The molecule has 0 aliphatic rings. The van der Waals surface area contributed by atoms with Gasteiger partial charge in [0.05, 0.1) is 17.6 Å². The zero-order valence-electron chi connectivity index (χ0n) is 9.65. The zero-order chi connectivity index (χ0) is 13.1. The smallest absolute Gasteiger partial charge is 0.250 e. The molecule has 5 nitrogen and oxygen atoms in total. The van der Waals surface area contributed by atoms with E-state index in [0.717, 1.165) is 6.26 Å². The fourth-order valence-electron chi connectivity index (χ4n) is 1.11. The lowest BCUT2D eigenvalue weighted by Gasteiger charge is -2.11. The van der Waals surface area contributed by atoms with Crippen LogP contribution in [0.4, 0.5) is 11.4 Å². The van der Waals surface area contributed by atoms with Crippen LogP contribution in [0.5, 0.6) is 0 Å². The largest absolute Gasteiger partial charge is 0.320 e. The average molecular weight is 254 g/mol. The SMILES string of the molecule is C=C(C)C(=O)Nc1ccccc1NS(C)(=O)=O. The predicted octanol–water partition coefficient (Wildman–Crippen LogP) is 1.57. The quantitative estimate of drug-likeness (QED) is 0.801. The Hall–Kier alpha value is -1.82. The van der Waals surface area contributed by atoms with Crippen molar-refractivity contribution < 1.29 is 13.2 Å². The van der Waals surface area contributed by atoms with Crippen molar-refractivity contribution in [1.29, 1.82) is 0 Å². The summed E-state index contributed by atoms with van der Waals surface area (Å²) in [6, 6.07) is 6.54. The Morgan fingerprint density at radius 2 is 1.76 bits per heavy atom. The van der Waals surface area contributed by atoms with Gasteiger partial charge in [0.15, 0.2) is 0 Å². The maximum Gasteiger partial charge on any atom is 0.250 e. The molecule has 1 aromatic carbocycles. The molecule has 0 bridgehead atoms. The van der Waals surface area contributed by atoms with E-state index in [-0.39, 0.29) is 5.91 Å². The van der Waals surface area contributed by atoms with Crippen LogP contribution < -0.4 is 10.0 Å². The Balaban J connectivity index is 3.00. The summed E-state index contributed by atoms with van der Waals surface area (Å²) in [5.41, 5.74) is 1.06. The van der Waals surface area contributed by atoms with Crippen molar-refractivity contribution >= 4 is 27.3 Å². The van der Waals surface area contributed by atoms with Gasteiger partial charge in [0, 0.05) is 5.57 Å². The second kappa shape index (κ2) is 5.01. The van der Waals surface area contributed by atoms with E-state index in [1.807, 2.05) is 0 Å². The van der Waals surface area contributed by atoms with E-state index < -0.39 is 10.0 Å². The van der Waals surface area contributed by atoms with Crippen LogP contribution in [0.2, 0.25) is 0 Å². The molecule has 0 atom stereocenters. The zero-order valence-corrected chi connectivity index (χ0v) is 10.5. The molecule has 0 spiro atoms. The summed E-state index contributed by atoms with van der Waals surface area (Å²) in [6.07, 6.45) is 1.05. The van der Waals surface area contributed by atoms with Crippen molar-refractivity contribution in [3.63, 3.8) is 0 Å². The Bertz CT molecular complexity index is 550. The van der Waals surface area contributed by atoms with E-state index in [4.69, 9.17) is 0 Å². The lowest BCUT2D eigenvalue weighted by Crippen LogP contribution is -2.16. The van der Waals surface area contributed by atoms with Gasteiger partial charge in [-0.1, -0.05) is 18.7 Å². The molecule has 0 saturated heterocycles. The molecule has 0 unspecified atom stereocenters. The van der Waals surface area contributed by atoms with Crippen LogP contribution in [0.25, 0.3) is 0 Å². The van der Waals surface area contributed by atoms with Gasteiger partial charge in [0.2, 0.25) is 10.0 Å². The topological polar surface area (TPSA) is 75.3 Å². The molecule has 0 fully saturated rings. The molecule has 92 valence electrons. The molecule has 1 amide bonds. The third-order valence-electron chi connectivity index (χ3n) is 1.86. The first-order valence-electron chi connectivity index (χ1n) is 4.83. The number of carbonyl (C=O) groups is 1. The van der Waals surface area contributed by atoms with E-state index in [0.29, 0.717) is 16.9 Å². The number of carbonyl (C=O) groups excluding carboxylic acids is 1. The molecule has 0 aromatic heterocycles. The predicted molar refractivity (Wildman–Crippen MR) is 68.4 cm³/mol. The fourth-order valence-corrected chi connectivity index (χ4v) is 1.69. The lowest BCUT2D eigenvalue weighted by molar-refractivity contribution is -0.112. The van der Waals surface area contributed by atoms with Crippen LogP contribution in [0, 0.1) is 0 Å². The summed E-state index contributed by atoms with van der Waals surface area (Å²) >= 11 is 0. The summed E-state index contributed by atoms with van der Waals surface area (Å²) in [5, 5.41) is 2.57. The van der Waals surface area contributed by atoms with Gasteiger partial charge in [-0.2, -0.15) is 0 Å². The number of hydrogen-bond acceptors (Lipinski definition) is 3. The van der Waals surface area contributed by atoms with Crippen LogP contribution in [0.3, 0.4) is 0 Å². The molecule has 1 rings (SSSR count). The second-order valence-electron chi connectivity index (χ2n) is 3.65. The Labute approximate surface area is 101 Å². The number of sulfonamides is 1. The molecule has 0 saturated carbocycles. The lowest BCUT2D eigenvalue weighted by atomic mass is 10.2. The van der Waals surface area contributed by atoms with Gasteiger partial charge in [0.25, 0.3) is 5.91 Å². The van der Waals surface area contributed by atoms with Crippen molar-refractivity contribution in [1.82, 2.24) is 0 Å². The first-order chi connectivity index (χ1) is 7.79. The van der Waals surface area contributed by atoms with E-state index in [9.17, 15) is 13.2 Å². The summed E-state index contributed by atoms with van der Waals surface area (Å²) in [4.78, 5) is 11.4. The second-order valence-corrected chi connectivity index (χ2v) is 5.40. The molecular formula is C11H14N2O3S. The highest BCUT2D eigenvalue weighted by molar-refractivity contribution is 7.92. The van der Waals surface area contributed by atoms with Crippen molar-refractivity contribution in [2.75, 3.05) is 16.3 Å². The van der Waals surface area contributed by atoms with Crippen LogP contribution in [-0.2, 0) is 14.8 Å². The molecule has 0 aliphatic carbocycles. The van der Waals surface area contributed by atoms with Gasteiger partial charge in [-0.3, -0.25) is 9.52 Å². The third-order valence-corrected chi connectivity index (χ3v) is 2.45. The van der Waals surface area contributed by atoms with Gasteiger partial charge in [-0.05, 0) is 19.1 Å². The summed E-state index contributed by atoms with van der Waals surface area (Å²) in [7, 11) is -3.38. The van der Waals surface area contributed by atoms with Crippen molar-refractivity contribution in [2.45, 2.75) is 6.92 Å². The van der Waals surface area contributed by atoms with Crippen molar-refractivity contribution in [3.8, 4) is 0 Å². The standard InChI is InChI=1S/C11H14N2O3S/c1-8(2)11(14)12-9-6-4-5-7-10(9)13-17(3,15)16/h4-7,13H,1H2,2-3H3,(H,12,14). The normalized spacial score (nSPS) is 10.7. The number of rotatable bonds is 4. The minimum absolute atomic E-state index is 0.324. The van der Waals surface area contributed by atoms with Gasteiger partial charge >= 0.3 is 0 Å². The van der Waals surface area contributed by atoms with E-state index in [1.54, 1.807) is 31.2 Å². The van der Waals surface area contributed by atoms with Crippen LogP contribution in [0.1, 0.15) is 6.92 Å². The molecule has 0 aliphatic heterocycles. The summed E-state index contributed by atoms with van der Waals surface area (Å²) in [6.45, 7) is 5.08. The van der Waals surface area contributed by atoms with Crippen LogP contribution in [0.15, 0.2) is 36.4 Å². The average Bonchev–Trinajstić information content (AvgIpc) is 2.18. The Kier molecular flexibility index (Phi) is 3.90. The minimum atomic E-state index is -3.38. The molecule has 17 heavy (non-hydrogen) atoms. The van der Waals surface area contributed by atoms with E-state index >= 15 is 0 Å². The number of nitrogens with one attached hydrogen (secondary N) is 2. The first kappa shape index (κ1) is 13.2. The highest BCUT2D eigenvalue weighted by Crippen LogP contribution is 2.22. The van der Waals surface area contributed by atoms with Crippen molar-refractivity contribution in [2.24, 2.45) is 0 Å². The Morgan fingerprint density at radius 1 is 1.24 bits per heavy atom. The maximum absolute atomic E-state index is 11.4. The van der Waals surface area contributed by atoms with Gasteiger partial charge < -0.3 is 5.32 Å². The molecule has 0 heterocycles. The Morgan fingerprint density at radius 3 is 2.24 bits per heavy atom. The van der Waals surface area contributed by atoms with E-state index in [1.165, 1.54) is 0 Å². The molecule has 0 radical (unpaired) electrons. The number of benzene rings is 1. The first-order valence-corrected chi connectivity index (χ1v) is 6.72. The molecule has 2 N–H and O–H groups in total. The highest BCUT2D eigenvalue weighted by atomic mass is 32.2. The van der Waals surface area contributed by atoms with Crippen LogP contribution in [-0.4, -0.2) is 20.6 Å². The van der Waals surface area contributed by atoms with Gasteiger partial charge in [0.1, 0.15) is 0 Å². The van der Waals surface area contributed by atoms with Crippen LogP contribution >= 0.6 is 0 Å². The van der Waals surface area contributed by atoms with E-state index in [2.05, 4.69) is 16.6 Å². The molecule has 6 heteroatoms. The van der Waals surface area contributed by atoms with Gasteiger partial charge in [-0.15, -0.1) is 0 Å². The summed E-state index contributed by atoms with van der Waals surface area (Å²) < 4.78 is 24.6. The molecule has 1 aromatic rings. The molecular weight excluding hydrogens is 240 g/mol. The number of amides is 1. The number of anilines is 2. The monoisotopic (exact) mass is 254 g/mol. The third kappa shape index (κ3) is 4.28. The van der Waals surface area contributed by atoms with Gasteiger partial charge in [-0.25, -0.2) is 8.42 Å². The number of hydrogen-bond donors (Lipinski definition) is 2. The fraction of sp³-hybridized carbons (Fsp3) is 0.182. The number of para-hydroxylation sites is 2. The van der Waals surface area contributed by atoms with Crippen molar-refractivity contribution in [3.05, 3.63) is 36.4 Å². The highest BCUT2D eigenvalue weighted by Gasteiger charge is 2.09. The summed E-state index contributed by atoms with van der Waals surface area (Å²) in [5.74, 6) is -0.354. The maximum atomic E-state index is 11.4.